The van der Waals surface area contributed by atoms with Gasteiger partial charge in [-0.1, -0.05) is 30.3 Å². The first-order valence-corrected chi connectivity index (χ1v) is 10.1. The van der Waals surface area contributed by atoms with Gasteiger partial charge in [-0.25, -0.2) is 4.98 Å². The fourth-order valence-corrected chi connectivity index (χ4v) is 4.41. The Hall–Kier alpha value is -2.47. The van der Waals surface area contributed by atoms with Gasteiger partial charge >= 0.3 is 0 Å². The van der Waals surface area contributed by atoms with Crippen molar-refractivity contribution in [1.29, 1.82) is 0 Å². The lowest BCUT2D eigenvalue weighted by Crippen LogP contribution is -2.45. The molecule has 28 heavy (non-hydrogen) atoms. The highest BCUT2D eigenvalue weighted by atomic mass is 16.2. The second-order valence-corrected chi connectivity index (χ2v) is 8.16. The van der Waals surface area contributed by atoms with Gasteiger partial charge in [-0.2, -0.15) is 0 Å². The Kier molecular flexibility index (Phi) is 5.31. The van der Waals surface area contributed by atoms with Crippen LogP contribution in [0.1, 0.15) is 41.5 Å². The lowest BCUT2D eigenvalue weighted by molar-refractivity contribution is -0.131. The molecule has 0 aliphatic carbocycles. The monoisotopic (exact) mass is 380 g/mol. The van der Waals surface area contributed by atoms with E-state index in [9.17, 15) is 9.59 Å². The van der Waals surface area contributed by atoms with E-state index >= 15 is 0 Å². The molecule has 0 N–H and O–H groups in total. The van der Waals surface area contributed by atoms with Gasteiger partial charge in [-0.15, -0.1) is 0 Å². The molecule has 0 unspecified atom stereocenters. The summed E-state index contributed by atoms with van der Waals surface area (Å²) in [6.45, 7) is 1.85. The maximum absolute atomic E-state index is 13.3. The molecule has 0 bridgehead atoms. The van der Waals surface area contributed by atoms with Gasteiger partial charge < -0.3 is 9.80 Å². The lowest BCUT2D eigenvalue weighted by atomic mass is 10.00. The summed E-state index contributed by atoms with van der Waals surface area (Å²) in [5.41, 5.74) is 2.67. The molecule has 2 aromatic rings. The van der Waals surface area contributed by atoms with E-state index in [0.29, 0.717) is 31.5 Å². The third-order valence-corrected chi connectivity index (χ3v) is 5.76. The average Bonchev–Trinajstić information content (AvgIpc) is 2.68. The molecule has 1 amide bonds. The van der Waals surface area contributed by atoms with Crippen LogP contribution in [-0.4, -0.2) is 52.4 Å². The van der Waals surface area contributed by atoms with Crippen LogP contribution in [0.3, 0.4) is 0 Å². The van der Waals surface area contributed by atoms with E-state index in [-0.39, 0.29) is 17.5 Å². The molecular formula is C22H28N4O2. The first-order chi connectivity index (χ1) is 13.5. The van der Waals surface area contributed by atoms with E-state index in [1.807, 2.05) is 53.9 Å². The summed E-state index contributed by atoms with van der Waals surface area (Å²) in [5.74, 6) is 0.995. The second-order valence-electron chi connectivity index (χ2n) is 8.16. The van der Waals surface area contributed by atoms with Crippen LogP contribution in [0.5, 0.6) is 0 Å². The first-order valence-electron chi connectivity index (χ1n) is 10.1. The van der Waals surface area contributed by atoms with Crippen molar-refractivity contribution in [3.63, 3.8) is 0 Å². The lowest BCUT2D eigenvalue weighted by Gasteiger charge is -2.33. The van der Waals surface area contributed by atoms with Crippen molar-refractivity contribution in [3.05, 3.63) is 63.3 Å². The molecule has 2 aliphatic rings. The minimum atomic E-state index is 0.0590. The number of carbonyl (C=O) groups excluding carboxylic acids is 1. The largest absolute Gasteiger partial charge is 0.337 e. The third-order valence-electron chi connectivity index (χ3n) is 5.76. The molecule has 6 nitrogen and oxygen atoms in total. The van der Waals surface area contributed by atoms with Crippen molar-refractivity contribution in [3.8, 4) is 0 Å². The number of fused-ring (bicyclic) bond motifs is 2. The van der Waals surface area contributed by atoms with E-state index in [0.717, 1.165) is 42.9 Å². The second kappa shape index (κ2) is 7.87. The highest BCUT2D eigenvalue weighted by Gasteiger charge is 2.30. The SMILES string of the molecule is CN(C)C[C@H]1CCCc2nc3c(c(=O)n21)CN(C(=O)Cc1ccccc1)CC3. The highest BCUT2D eigenvalue weighted by molar-refractivity contribution is 5.79. The summed E-state index contributed by atoms with van der Waals surface area (Å²) in [4.78, 5) is 34.9. The van der Waals surface area contributed by atoms with Gasteiger partial charge in [-0.05, 0) is 32.5 Å². The van der Waals surface area contributed by atoms with Gasteiger partial charge in [0.25, 0.3) is 5.56 Å². The number of hydrogen-bond donors (Lipinski definition) is 0. The number of aromatic nitrogens is 2. The third kappa shape index (κ3) is 3.74. The molecule has 148 valence electrons. The van der Waals surface area contributed by atoms with E-state index in [4.69, 9.17) is 4.98 Å². The van der Waals surface area contributed by atoms with Gasteiger partial charge in [0, 0.05) is 25.9 Å². The van der Waals surface area contributed by atoms with Crippen LogP contribution < -0.4 is 5.56 Å². The van der Waals surface area contributed by atoms with Gasteiger partial charge in [-0.3, -0.25) is 14.2 Å². The zero-order valence-electron chi connectivity index (χ0n) is 16.7. The highest BCUT2D eigenvalue weighted by Crippen LogP contribution is 2.25. The van der Waals surface area contributed by atoms with Crippen LogP contribution in [0.4, 0.5) is 0 Å². The number of aryl methyl sites for hydroxylation is 1. The van der Waals surface area contributed by atoms with Gasteiger partial charge in [0.2, 0.25) is 5.91 Å². The zero-order valence-corrected chi connectivity index (χ0v) is 16.7. The van der Waals surface area contributed by atoms with Gasteiger partial charge in [0.1, 0.15) is 5.82 Å². The zero-order chi connectivity index (χ0) is 19.7. The van der Waals surface area contributed by atoms with E-state index < -0.39 is 0 Å². The summed E-state index contributed by atoms with van der Waals surface area (Å²) in [5, 5.41) is 0. The Morgan fingerprint density at radius 3 is 2.75 bits per heavy atom. The average molecular weight is 380 g/mol. The maximum Gasteiger partial charge on any atom is 0.259 e. The van der Waals surface area contributed by atoms with Crippen molar-refractivity contribution in [2.75, 3.05) is 27.2 Å². The summed E-state index contributed by atoms with van der Waals surface area (Å²) in [6, 6.07) is 9.94. The van der Waals surface area contributed by atoms with E-state index in [1.165, 1.54) is 0 Å². The standard InChI is InChI=1S/C22H28N4O2/c1-24(2)14-17-9-6-10-20-23-19-11-12-25(15-18(19)22(28)26(17)20)21(27)13-16-7-4-3-5-8-16/h3-5,7-8,17H,6,9-15H2,1-2H3/t17-/m1/s1. The van der Waals surface area contributed by atoms with Crippen LogP contribution >= 0.6 is 0 Å². The Morgan fingerprint density at radius 2 is 2.00 bits per heavy atom. The minimum absolute atomic E-state index is 0.0590. The van der Waals surface area contributed by atoms with Crippen LogP contribution in [0.25, 0.3) is 0 Å². The first kappa shape index (κ1) is 18.9. The van der Waals surface area contributed by atoms with Crippen molar-refractivity contribution in [2.24, 2.45) is 0 Å². The summed E-state index contributed by atoms with van der Waals surface area (Å²) < 4.78 is 1.91. The van der Waals surface area contributed by atoms with Crippen LogP contribution in [-0.2, 0) is 30.6 Å². The summed E-state index contributed by atoms with van der Waals surface area (Å²) in [6.07, 6.45) is 3.98. The Morgan fingerprint density at radius 1 is 1.21 bits per heavy atom. The van der Waals surface area contributed by atoms with Crippen molar-refractivity contribution >= 4 is 5.91 Å². The molecule has 0 saturated heterocycles. The number of carbonyl (C=O) groups is 1. The molecule has 3 heterocycles. The summed E-state index contributed by atoms with van der Waals surface area (Å²) >= 11 is 0. The molecule has 6 heteroatoms. The Labute approximate surface area is 165 Å². The number of amides is 1. The molecule has 0 spiro atoms. The van der Waals surface area contributed by atoms with Crippen LogP contribution in [0.15, 0.2) is 35.1 Å². The quantitative estimate of drug-likeness (QED) is 0.812. The number of rotatable bonds is 4. The fourth-order valence-electron chi connectivity index (χ4n) is 4.41. The van der Waals surface area contributed by atoms with Gasteiger partial charge in [0.05, 0.1) is 30.3 Å². The molecule has 0 fully saturated rings. The molecule has 1 aromatic carbocycles. The molecule has 1 atom stereocenters. The normalized spacial score (nSPS) is 18.7. The maximum atomic E-state index is 13.3. The number of nitrogens with zero attached hydrogens (tertiary/aromatic N) is 4. The van der Waals surface area contributed by atoms with Crippen molar-refractivity contribution < 1.29 is 4.79 Å². The smallest absolute Gasteiger partial charge is 0.259 e. The Balaban J connectivity index is 1.60. The van der Waals surface area contributed by atoms with E-state index in [1.54, 1.807) is 0 Å². The molecule has 2 aliphatic heterocycles. The summed E-state index contributed by atoms with van der Waals surface area (Å²) in [7, 11) is 4.07. The molecule has 4 rings (SSSR count). The van der Waals surface area contributed by atoms with Crippen molar-refractivity contribution in [1.82, 2.24) is 19.4 Å². The van der Waals surface area contributed by atoms with Gasteiger partial charge in [0.15, 0.2) is 0 Å². The predicted molar refractivity (Wildman–Crippen MR) is 108 cm³/mol. The minimum Gasteiger partial charge on any atom is -0.337 e. The molecular weight excluding hydrogens is 352 g/mol. The molecule has 0 radical (unpaired) electrons. The molecule has 0 saturated carbocycles. The Bertz CT molecular complexity index is 920. The number of hydrogen-bond acceptors (Lipinski definition) is 4. The van der Waals surface area contributed by atoms with E-state index in [2.05, 4.69) is 4.90 Å². The predicted octanol–water partition coefficient (Wildman–Crippen LogP) is 1.81. The van der Waals surface area contributed by atoms with Crippen LogP contribution in [0.2, 0.25) is 0 Å². The number of benzene rings is 1. The van der Waals surface area contributed by atoms with Crippen molar-refractivity contribution in [2.45, 2.75) is 44.7 Å². The topological polar surface area (TPSA) is 58.4 Å². The van der Waals surface area contributed by atoms with Crippen LogP contribution in [0, 0.1) is 0 Å². The fraction of sp³-hybridized carbons (Fsp3) is 0.500. The molecule has 1 aromatic heterocycles. The number of likely N-dealkylation sites (N-methyl/N-ethyl adjacent to an activating group) is 1.